The number of unbranched alkanes of at least 4 members (excludes halogenated alkanes) is 2. The summed E-state index contributed by atoms with van der Waals surface area (Å²) in [4.78, 5) is 0. The highest BCUT2D eigenvalue weighted by Crippen LogP contribution is 2.37. The van der Waals surface area contributed by atoms with Crippen molar-refractivity contribution in [1.29, 1.82) is 0 Å². The van der Waals surface area contributed by atoms with Crippen LogP contribution in [0.15, 0.2) is 0 Å². The minimum Gasteiger partial charge on any atom is -0.455 e. The fraction of sp³-hybridized carbons (Fsp3) is 1.00. The molecular formula is C22H54OSi2. The molecule has 0 aliphatic rings. The summed E-state index contributed by atoms with van der Waals surface area (Å²) in [7, 11) is -3.03. The van der Waals surface area contributed by atoms with Gasteiger partial charge in [-0.05, 0) is 36.3 Å². The molecule has 0 aromatic heterocycles. The van der Waals surface area contributed by atoms with Gasteiger partial charge in [0.2, 0.25) is 0 Å². The first-order chi connectivity index (χ1) is 11.1. The van der Waals surface area contributed by atoms with Crippen LogP contribution in [-0.2, 0) is 4.12 Å². The van der Waals surface area contributed by atoms with Gasteiger partial charge in [0.05, 0.1) is 0 Å². The van der Waals surface area contributed by atoms with Crippen molar-refractivity contribution >= 4 is 16.6 Å². The maximum Gasteiger partial charge on any atom is 0.179 e. The van der Waals surface area contributed by atoms with E-state index in [0.717, 1.165) is 0 Å². The highest BCUT2D eigenvalue weighted by atomic mass is 28.4. The monoisotopic (exact) mass is 390 g/mol. The van der Waals surface area contributed by atoms with Gasteiger partial charge in [-0.2, -0.15) is 0 Å². The zero-order chi connectivity index (χ0) is 17.6. The van der Waals surface area contributed by atoms with E-state index in [0.29, 0.717) is 0 Å². The molecule has 25 heavy (non-hydrogen) atoms. The van der Waals surface area contributed by atoms with E-state index in [1.165, 1.54) is 87.6 Å². The Balaban J connectivity index is -0.00000242. The van der Waals surface area contributed by atoms with Gasteiger partial charge >= 0.3 is 0 Å². The Kier molecular flexibility index (Phi) is 21.4. The average Bonchev–Trinajstić information content (AvgIpc) is 2.52. The summed E-state index contributed by atoms with van der Waals surface area (Å²) in [6.45, 7) is 14.2. The lowest BCUT2D eigenvalue weighted by Gasteiger charge is -2.43. The minimum atomic E-state index is -1.51. The van der Waals surface area contributed by atoms with E-state index in [4.69, 9.17) is 4.12 Å². The molecule has 3 heteroatoms. The van der Waals surface area contributed by atoms with Crippen molar-refractivity contribution in [2.24, 2.45) is 0 Å². The molecule has 0 unspecified atom stereocenters. The summed E-state index contributed by atoms with van der Waals surface area (Å²) in [6, 6.07) is 8.51. The molecular weight excluding hydrogens is 336 g/mol. The van der Waals surface area contributed by atoms with Gasteiger partial charge in [0.1, 0.15) is 0 Å². The third kappa shape index (κ3) is 11.7. The minimum absolute atomic E-state index is 0. The van der Waals surface area contributed by atoms with Crippen molar-refractivity contribution in [3.63, 3.8) is 0 Å². The molecule has 0 aliphatic carbocycles. The molecule has 0 atom stereocenters. The van der Waals surface area contributed by atoms with Crippen LogP contribution in [0.4, 0.5) is 0 Å². The van der Waals surface area contributed by atoms with Crippen LogP contribution < -0.4 is 0 Å². The first-order valence-corrected chi connectivity index (χ1v) is 15.8. The lowest BCUT2D eigenvalue weighted by molar-refractivity contribution is 0.483. The number of hydrogen-bond donors (Lipinski definition) is 0. The van der Waals surface area contributed by atoms with E-state index in [1.807, 2.05) is 0 Å². The molecule has 156 valence electrons. The molecule has 0 aromatic rings. The van der Waals surface area contributed by atoms with Crippen LogP contribution in [0.2, 0.25) is 36.3 Å². The highest BCUT2D eigenvalue weighted by molar-refractivity contribution is 6.87. The van der Waals surface area contributed by atoms with E-state index >= 15 is 0 Å². The van der Waals surface area contributed by atoms with Gasteiger partial charge in [-0.25, -0.2) is 0 Å². The molecule has 0 radical (unpaired) electrons. The van der Waals surface area contributed by atoms with Crippen molar-refractivity contribution in [2.75, 3.05) is 0 Å². The lowest BCUT2D eigenvalue weighted by atomic mass is 10.4. The quantitative estimate of drug-likeness (QED) is 0.238. The molecule has 1 nitrogen and oxygen atoms in total. The van der Waals surface area contributed by atoms with Gasteiger partial charge in [-0.15, -0.1) is 0 Å². The molecule has 0 fully saturated rings. The Morgan fingerprint density at radius 2 is 0.720 bits per heavy atom. The zero-order valence-corrected chi connectivity index (χ0v) is 19.3. The second-order valence-electron chi connectivity index (χ2n) is 7.68. The van der Waals surface area contributed by atoms with E-state index in [9.17, 15) is 0 Å². The summed E-state index contributed by atoms with van der Waals surface area (Å²) in [6.07, 6.45) is 10.7. The second-order valence-corrected chi connectivity index (χ2v) is 16.2. The Morgan fingerprint density at radius 1 is 0.440 bits per heavy atom. The van der Waals surface area contributed by atoms with Crippen molar-refractivity contribution < 1.29 is 4.12 Å². The Morgan fingerprint density at radius 3 is 0.920 bits per heavy atom. The predicted octanol–water partition coefficient (Wildman–Crippen LogP) is 9.41. The SMILES string of the molecule is C.C.CCCC[Si](CCC)(CCC)O[Si](CCC)(CCC)CCCC. The van der Waals surface area contributed by atoms with Gasteiger partial charge in [0, 0.05) is 0 Å². The van der Waals surface area contributed by atoms with Crippen LogP contribution in [-0.4, -0.2) is 16.6 Å². The fourth-order valence-electron chi connectivity index (χ4n) is 4.34. The highest BCUT2D eigenvalue weighted by Gasteiger charge is 2.42. The maximum absolute atomic E-state index is 7.47. The van der Waals surface area contributed by atoms with Crippen molar-refractivity contribution in [1.82, 2.24) is 0 Å². The molecule has 0 aromatic carbocycles. The Labute approximate surface area is 165 Å². The van der Waals surface area contributed by atoms with Gasteiger partial charge in [0.15, 0.2) is 16.6 Å². The molecule has 0 amide bonds. The van der Waals surface area contributed by atoms with Crippen LogP contribution >= 0.6 is 0 Å². The molecule has 0 saturated heterocycles. The summed E-state index contributed by atoms with van der Waals surface area (Å²) in [5.41, 5.74) is 0. The smallest absolute Gasteiger partial charge is 0.179 e. The normalized spacial score (nSPS) is 11.8. The zero-order valence-electron chi connectivity index (χ0n) is 17.3. The molecule has 0 heterocycles. The van der Waals surface area contributed by atoms with Gasteiger partial charge < -0.3 is 4.12 Å². The number of rotatable bonds is 16. The van der Waals surface area contributed by atoms with Crippen molar-refractivity contribution in [2.45, 2.75) is 144 Å². The van der Waals surface area contributed by atoms with E-state index in [-0.39, 0.29) is 14.9 Å². The Hall–Kier alpha value is 0.394. The summed E-state index contributed by atoms with van der Waals surface area (Å²) in [5, 5.41) is 0. The second kappa shape index (κ2) is 17.8. The average molecular weight is 391 g/mol. The molecule has 0 saturated carbocycles. The van der Waals surface area contributed by atoms with Crippen LogP contribution in [0, 0.1) is 0 Å². The predicted molar refractivity (Wildman–Crippen MR) is 126 cm³/mol. The van der Waals surface area contributed by atoms with Crippen LogP contribution in [0.25, 0.3) is 0 Å². The third-order valence-corrected chi connectivity index (χ3v) is 16.9. The molecule has 0 rings (SSSR count). The lowest BCUT2D eigenvalue weighted by Crippen LogP contribution is -2.51. The van der Waals surface area contributed by atoms with Crippen LogP contribution in [0.3, 0.4) is 0 Å². The number of hydrogen-bond acceptors (Lipinski definition) is 1. The Bertz CT molecular complexity index is 231. The van der Waals surface area contributed by atoms with E-state index in [1.54, 1.807) is 0 Å². The maximum atomic E-state index is 7.47. The van der Waals surface area contributed by atoms with E-state index in [2.05, 4.69) is 41.5 Å². The molecule has 0 bridgehead atoms. The molecule has 0 aliphatic heterocycles. The summed E-state index contributed by atoms with van der Waals surface area (Å²) >= 11 is 0. The summed E-state index contributed by atoms with van der Waals surface area (Å²) < 4.78 is 7.47. The molecule has 0 N–H and O–H groups in total. The van der Waals surface area contributed by atoms with Crippen LogP contribution in [0.5, 0.6) is 0 Å². The van der Waals surface area contributed by atoms with Gasteiger partial charge in [-0.1, -0.05) is 108 Å². The largest absolute Gasteiger partial charge is 0.455 e. The summed E-state index contributed by atoms with van der Waals surface area (Å²) in [5.74, 6) is 0. The fourth-order valence-corrected chi connectivity index (χ4v) is 17.6. The first-order valence-electron chi connectivity index (χ1n) is 10.8. The standard InChI is InChI=1S/C20H46OSi2.2CH4/c1-7-13-19-22(15-9-3,16-10-4)21-23(17-11-5,18-12-6)20-14-8-2;;/h7-20H2,1-6H3;2*1H4. The van der Waals surface area contributed by atoms with E-state index < -0.39 is 16.6 Å². The first kappa shape index (κ1) is 30.1. The topological polar surface area (TPSA) is 9.23 Å². The van der Waals surface area contributed by atoms with Gasteiger partial charge in [-0.3, -0.25) is 0 Å². The third-order valence-electron chi connectivity index (χ3n) is 5.23. The van der Waals surface area contributed by atoms with Crippen molar-refractivity contribution in [3.05, 3.63) is 0 Å². The van der Waals surface area contributed by atoms with Crippen LogP contribution in [0.1, 0.15) is 108 Å². The molecule has 0 spiro atoms. The van der Waals surface area contributed by atoms with Crippen molar-refractivity contribution in [3.8, 4) is 0 Å². The van der Waals surface area contributed by atoms with Gasteiger partial charge in [0.25, 0.3) is 0 Å².